The van der Waals surface area contributed by atoms with Gasteiger partial charge in [0.05, 0.1) is 17.9 Å². The van der Waals surface area contributed by atoms with Crippen molar-refractivity contribution in [1.29, 1.82) is 0 Å². The van der Waals surface area contributed by atoms with Crippen molar-refractivity contribution < 1.29 is 0 Å². The quantitative estimate of drug-likeness (QED) is 0.717. The summed E-state index contributed by atoms with van der Waals surface area (Å²) in [6.45, 7) is 2.49. The van der Waals surface area contributed by atoms with Gasteiger partial charge in [0, 0.05) is 44.6 Å². The minimum atomic E-state index is 0.320. The number of rotatable bonds is 4. The molecule has 0 amide bonds. The molecular weight excluding hydrogens is 338 g/mol. The average Bonchev–Trinajstić information content (AvgIpc) is 3.27. The highest BCUT2D eigenvalue weighted by atomic mass is 35.5. The fourth-order valence-electron chi connectivity index (χ4n) is 3.40. The molecule has 1 fully saturated rings. The van der Waals surface area contributed by atoms with Crippen LogP contribution in [0.25, 0.3) is 0 Å². The van der Waals surface area contributed by atoms with Crippen LogP contribution >= 0.6 is 11.6 Å². The molecule has 0 saturated carbocycles. The highest BCUT2D eigenvalue weighted by Crippen LogP contribution is 2.31. The van der Waals surface area contributed by atoms with Gasteiger partial charge >= 0.3 is 0 Å². The molecule has 1 aliphatic rings. The molecule has 1 atom stereocenters. The zero-order chi connectivity index (χ0) is 17.2. The molecule has 4 rings (SSSR count). The van der Waals surface area contributed by atoms with E-state index in [0.717, 1.165) is 43.4 Å². The van der Waals surface area contributed by atoms with Gasteiger partial charge in [-0.05, 0) is 25.0 Å². The molecule has 130 valence electrons. The van der Waals surface area contributed by atoms with Crippen LogP contribution in [0.4, 0.5) is 5.82 Å². The Morgan fingerprint density at radius 2 is 2.20 bits per heavy atom. The maximum Gasteiger partial charge on any atom is 0.152 e. The highest BCUT2D eigenvalue weighted by Gasteiger charge is 2.27. The minimum absolute atomic E-state index is 0.320. The normalized spacial score (nSPS) is 17.8. The second-order valence-corrected chi connectivity index (χ2v) is 6.77. The monoisotopic (exact) mass is 357 g/mol. The van der Waals surface area contributed by atoms with Crippen molar-refractivity contribution in [1.82, 2.24) is 29.3 Å². The smallest absolute Gasteiger partial charge is 0.152 e. The highest BCUT2D eigenvalue weighted by molar-refractivity contribution is 6.32. The first-order valence-corrected chi connectivity index (χ1v) is 8.79. The number of nitrogens with zero attached hydrogens (tertiary/aromatic N) is 7. The molecule has 0 aliphatic carbocycles. The molecule has 0 bridgehead atoms. The largest absolute Gasteiger partial charge is 0.355 e. The van der Waals surface area contributed by atoms with Crippen molar-refractivity contribution in [2.24, 2.45) is 7.05 Å². The Kier molecular flexibility index (Phi) is 4.40. The number of hydrogen-bond acceptors (Lipinski definition) is 5. The summed E-state index contributed by atoms with van der Waals surface area (Å²) in [5.74, 6) is 3.13. The molecule has 3 aromatic rings. The maximum absolute atomic E-state index is 6.32. The molecule has 1 saturated heterocycles. The van der Waals surface area contributed by atoms with E-state index >= 15 is 0 Å². The summed E-state index contributed by atoms with van der Waals surface area (Å²) in [4.78, 5) is 10.8. The summed E-state index contributed by atoms with van der Waals surface area (Å²) in [6.07, 6.45) is 9.46. The van der Waals surface area contributed by atoms with Crippen molar-refractivity contribution >= 4 is 17.4 Å². The Labute approximate surface area is 151 Å². The van der Waals surface area contributed by atoms with Crippen LogP contribution in [0.15, 0.2) is 37.1 Å². The van der Waals surface area contributed by atoms with Gasteiger partial charge in [0.25, 0.3) is 0 Å². The van der Waals surface area contributed by atoms with Gasteiger partial charge in [0.1, 0.15) is 11.6 Å². The van der Waals surface area contributed by atoms with Crippen LogP contribution in [0.3, 0.4) is 0 Å². The fourth-order valence-corrected chi connectivity index (χ4v) is 3.64. The van der Waals surface area contributed by atoms with E-state index in [1.54, 1.807) is 18.7 Å². The number of halogens is 1. The lowest BCUT2D eigenvalue weighted by Crippen LogP contribution is -2.36. The third kappa shape index (κ3) is 3.24. The topological polar surface area (TPSA) is 64.7 Å². The van der Waals surface area contributed by atoms with Crippen LogP contribution in [0.1, 0.15) is 30.4 Å². The van der Waals surface area contributed by atoms with Gasteiger partial charge in [-0.2, -0.15) is 0 Å². The Bertz CT molecular complexity index is 843. The number of aromatic nitrogens is 6. The summed E-state index contributed by atoms with van der Waals surface area (Å²) in [5, 5.41) is 9.55. The lowest BCUT2D eigenvalue weighted by Gasteiger charge is -2.33. The fraction of sp³-hybridized carbons (Fsp3) is 0.412. The minimum Gasteiger partial charge on any atom is -0.355 e. The first-order chi connectivity index (χ1) is 12.2. The zero-order valence-electron chi connectivity index (χ0n) is 14.1. The summed E-state index contributed by atoms with van der Waals surface area (Å²) >= 11 is 6.32. The number of imidazole rings is 1. The molecular formula is C17H20ClN7. The molecule has 1 aliphatic heterocycles. The zero-order valence-corrected chi connectivity index (χ0v) is 14.8. The van der Waals surface area contributed by atoms with Gasteiger partial charge in [0.15, 0.2) is 5.82 Å². The van der Waals surface area contributed by atoms with Crippen molar-refractivity contribution in [3.8, 4) is 0 Å². The molecule has 4 heterocycles. The van der Waals surface area contributed by atoms with Crippen LogP contribution in [-0.4, -0.2) is 42.4 Å². The number of pyridine rings is 1. The van der Waals surface area contributed by atoms with Gasteiger partial charge in [-0.3, -0.25) is 0 Å². The SMILES string of the molecule is Cn1c(Cn2ccnc2)nnc1[C@H]1CCCN(c2ncccc2Cl)C1. The van der Waals surface area contributed by atoms with E-state index in [9.17, 15) is 0 Å². The third-order valence-corrected chi connectivity index (χ3v) is 5.00. The number of anilines is 1. The molecule has 0 unspecified atom stereocenters. The molecule has 0 N–H and O–H groups in total. The molecule has 3 aromatic heterocycles. The van der Waals surface area contributed by atoms with Crippen LogP contribution < -0.4 is 4.90 Å². The van der Waals surface area contributed by atoms with Crippen LogP contribution in [0.2, 0.25) is 5.02 Å². The predicted molar refractivity (Wildman–Crippen MR) is 95.8 cm³/mol. The molecule has 8 heteroatoms. The molecule has 0 radical (unpaired) electrons. The van der Waals surface area contributed by atoms with Gasteiger partial charge in [-0.1, -0.05) is 11.6 Å². The summed E-state index contributed by atoms with van der Waals surface area (Å²) in [6, 6.07) is 3.75. The van der Waals surface area contributed by atoms with Crippen LogP contribution in [0.5, 0.6) is 0 Å². The molecule has 0 spiro atoms. The maximum atomic E-state index is 6.32. The van der Waals surface area contributed by atoms with Gasteiger partial charge in [-0.15, -0.1) is 10.2 Å². The predicted octanol–water partition coefficient (Wildman–Crippen LogP) is 2.49. The number of hydrogen-bond donors (Lipinski definition) is 0. The van der Waals surface area contributed by atoms with E-state index in [-0.39, 0.29) is 0 Å². The Morgan fingerprint density at radius 1 is 1.28 bits per heavy atom. The second-order valence-electron chi connectivity index (χ2n) is 6.36. The summed E-state index contributed by atoms with van der Waals surface area (Å²) in [5.41, 5.74) is 0. The van der Waals surface area contributed by atoms with Gasteiger partial charge in [0.2, 0.25) is 0 Å². The standard InChI is InChI=1S/C17H20ClN7/c1-23-15(11-24-9-7-19-12-24)21-22-16(23)13-4-3-8-25(10-13)17-14(18)5-2-6-20-17/h2,5-7,9,12-13H,3-4,8,10-11H2,1H3/t13-/m0/s1. The average molecular weight is 358 g/mol. The van der Waals surface area contributed by atoms with E-state index in [0.29, 0.717) is 17.5 Å². The number of piperidine rings is 1. The van der Waals surface area contributed by atoms with E-state index in [2.05, 4.69) is 29.6 Å². The van der Waals surface area contributed by atoms with Gasteiger partial charge < -0.3 is 14.0 Å². The summed E-state index contributed by atoms with van der Waals surface area (Å²) in [7, 11) is 2.04. The first-order valence-electron chi connectivity index (χ1n) is 8.41. The van der Waals surface area contributed by atoms with E-state index in [1.807, 2.05) is 29.9 Å². The Hall–Kier alpha value is -2.41. The third-order valence-electron chi connectivity index (χ3n) is 4.71. The van der Waals surface area contributed by atoms with Crippen molar-refractivity contribution in [3.05, 3.63) is 53.7 Å². The van der Waals surface area contributed by atoms with E-state index in [1.165, 1.54) is 0 Å². The van der Waals surface area contributed by atoms with Crippen molar-refractivity contribution in [3.63, 3.8) is 0 Å². The van der Waals surface area contributed by atoms with Crippen molar-refractivity contribution in [2.45, 2.75) is 25.3 Å². The Balaban J connectivity index is 1.54. The van der Waals surface area contributed by atoms with E-state index in [4.69, 9.17) is 11.6 Å². The second kappa shape index (κ2) is 6.84. The van der Waals surface area contributed by atoms with Crippen LogP contribution in [-0.2, 0) is 13.6 Å². The Morgan fingerprint density at radius 3 is 3.00 bits per heavy atom. The first kappa shape index (κ1) is 16.1. The molecule has 25 heavy (non-hydrogen) atoms. The van der Waals surface area contributed by atoms with E-state index < -0.39 is 0 Å². The lowest BCUT2D eigenvalue weighted by atomic mass is 9.97. The lowest BCUT2D eigenvalue weighted by molar-refractivity contribution is 0.476. The van der Waals surface area contributed by atoms with Crippen LogP contribution in [0, 0.1) is 0 Å². The molecule has 0 aromatic carbocycles. The molecule has 7 nitrogen and oxygen atoms in total. The van der Waals surface area contributed by atoms with Gasteiger partial charge in [-0.25, -0.2) is 9.97 Å². The van der Waals surface area contributed by atoms with Crippen molar-refractivity contribution in [2.75, 3.05) is 18.0 Å². The summed E-state index contributed by atoms with van der Waals surface area (Å²) < 4.78 is 4.10.